The minimum atomic E-state index is -0.521. The van der Waals surface area contributed by atoms with E-state index in [1.54, 1.807) is 0 Å². The van der Waals surface area contributed by atoms with E-state index in [-0.39, 0.29) is 0 Å². The van der Waals surface area contributed by atoms with Gasteiger partial charge in [0, 0.05) is 22.0 Å². The minimum Gasteiger partial charge on any atom is -0.310 e. The standard InChI is InChI=1S/C60H39N3/c1-4-18-40(19-5-1)44-38-54(41-20-6-2-7-21-41)61-59(39-44)63-55-29-15-11-25-48(55)49-36-42(33-35-56(49)63)43-32-34-47-46-24-10-12-26-50(46)60(53(47)37-43)51-27-13-16-30-57(51)62(45-22-8-3-9-23-45)58-31-17-14-28-52(58)60/h1-39H. The number of pyridine rings is 1. The zero-order valence-electron chi connectivity index (χ0n) is 34.4. The van der Waals surface area contributed by atoms with Crippen molar-refractivity contribution in [2.75, 3.05) is 4.90 Å². The molecule has 1 spiro atoms. The van der Waals surface area contributed by atoms with Gasteiger partial charge in [-0.3, -0.25) is 4.57 Å². The molecule has 0 radical (unpaired) electrons. The van der Waals surface area contributed by atoms with E-state index in [2.05, 4.69) is 246 Å². The number of anilines is 3. The fraction of sp³-hybridized carbons (Fsp3) is 0.0167. The number of aromatic nitrogens is 2. The van der Waals surface area contributed by atoms with E-state index in [1.165, 1.54) is 66.7 Å². The summed E-state index contributed by atoms with van der Waals surface area (Å²) in [5.74, 6) is 0.894. The van der Waals surface area contributed by atoms with Crippen LogP contribution in [-0.2, 0) is 5.41 Å². The summed E-state index contributed by atoms with van der Waals surface area (Å²) in [4.78, 5) is 7.82. The smallest absolute Gasteiger partial charge is 0.138 e. The van der Waals surface area contributed by atoms with Crippen LogP contribution in [0.25, 0.3) is 72.3 Å². The van der Waals surface area contributed by atoms with Crippen molar-refractivity contribution in [1.29, 1.82) is 0 Å². The first-order chi connectivity index (χ1) is 31.3. The molecule has 1 aliphatic heterocycles. The third kappa shape index (κ3) is 5.23. The van der Waals surface area contributed by atoms with E-state index < -0.39 is 5.41 Å². The highest BCUT2D eigenvalue weighted by Crippen LogP contribution is 2.63. The van der Waals surface area contributed by atoms with Gasteiger partial charge in [-0.15, -0.1) is 0 Å². The van der Waals surface area contributed by atoms with Crippen LogP contribution in [-0.4, -0.2) is 9.55 Å². The Bertz CT molecular complexity index is 3460. The molecule has 11 aromatic rings. The number of hydrogen-bond donors (Lipinski definition) is 0. The summed E-state index contributed by atoms with van der Waals surface area (Å²) in [6, 6.07) is 86.4. The maximum absolute atomic E-state index is 5.38. The summed E-state index contributed by atoms with van der Waals surface area (Å²) >= 11 is 0. The Balaban J connectivity index is 1.02. The van der Waals surface area contributed by atoms with E-state index in [0.717, 1.165) is 44.9 Å². The van der Waals surface area contributed by atoms with Crippen LogP contribution in [0.2, 0.25) is 0 Å². The SMILES string of the molecule is c1ccc(-c2cc(-c3ccccc3)nc(-n3c4ccccc4c4cc(-c5ccc6c(c5)C5(c7ccccc7-6)c6ccccc6N(c6ccccc6)c6ccccc65)ccc43)c2)cc1. The summed E-state index contributed by atoms with van der Waals surface area (Å²) in [6.45, 7) is 0. The fourth-order valence-electron chi connectivity index (χ4n) is 10.7. The molecule has 294 valence electrons. The zero-order chi connectivity index (χ0) is 41.5. The fourth-order valence-corrected chi connectivity index (χ4v) is 10.7. The second-order valence-corrected chi connectivity index (χ2v) is 16.7. The van der Waals surface area contributed by atoms with Crippen LogP contribution in [0, 0.1) is 0 Å². The third-order valence-corrected chi connectivity index (χ3v) is 13.4. The van der Waals surface area contributed by atoms with Crippen LogP contribution < -0.4 is 4.90 Å². The molecule has 2 aromatic heterocycles. The molecule has 3 heterocycles. The number of rotatable bonds is 5. The minimum absolute atomic E-state index is 0.521. The molecule has 3 heteroatoms. The lowest BCUT2D eigenvalue weighted by Crippen LogP contribution is -2.36. The van der Waals surface area contributed by atoms with Gasteiger partial charge in [-0.2, -0.15) is 0 Å². The lowest BCUT2D eigenvalue weighted by Gasteiger charge is -2.45. The van der Waals surface area contributed by atoms with Crippen LogP contribution in [0.1, 0.15) is 22.3 Å². The second-order valence-electron chi connectivity index (χ2n) is 16.7. The van der Waals surface area contributed by atoms with Gasteiger partial charge in [-0.05, 0) is 116 Å². The monoisotopic (exact) mass is 801 g/mol. The first-order valence-electron chi connectivity index (χ1n) is 21.7. The highest BCUT2D eigenvalue weighted by atomic mass is 15.2. The predicted octanol–water partition coefficient (Wildman–Crippen LogP) is 15.3. The van der Waals surface area contributed by atoms with Crippen LogP contribution in [0.3, 0.4) is 0 Å². The molecule has 63 heavy (non-hydrogen) atoms. The Hall–Kier alpha value is -8.27. The third-order valence-electron chi connectivity index (χ3n) is 13.4. The van der Waals surface area contributed by atoms with Crippen LogP contribution >= 0.6 is 0 Å². The Morgan fingerprint density at radius 1 is 0.333 bits per heavy atom. The molecule has 0 saturated carbocycles. The van der Waals surface area contributed by atoms with Crippen molar-refractivity contribution < 1.29 is 0 Å². The topological polar surface area (TPSA) is 21.1 Å². The molecule has 0 atom stereocenters. The Labute approximate surface area is 366 Å². The summed E-state index contributed by atoms with van der Waals surface area (Å²) in [6.07, 6.45) is 0. The maximum Gasteiger partial charge on any atom is 0.138 e. The highest BCUT2D eigenvalue weighted by Gasteiger charge is 2.51. The van der Waals surface area contributed by atoms with E-state index in [0.29, 0.717) is 0 Å². The van der Waals surface area contributed by atoms with E-state index in [1.807, 2.05) is 0 Å². The van der Waals surface area contributed by atoms with Crippen LogP contribution in [0.5, 0.6) is 0 Å². The van der Waals surface area contributed by atoms with Gasteiger partial charge in [0.15, 0.2) is 0 Å². The van der Waals surface area contributed by atoms with Gasteiger partial charge >= 0.3 is 0 Å². The predicted molar refractivity (Wildman–Crippen MR) is 260 cm³/mol. The molecule has 1 aliphatic carbocycles. The zero-order valence-corrected chi connectivity index (χ0v) is 34.4. The van der Waals surface area contributed by atoms with Crippen molar-refractivity contribution in [2.24, 2.45) is 0 Å². The molecule has 0 unspecified atom stereocenters. The lowest BCUT2D eigenvalue weighted by molar-refractivity contribution is 0.753. The van der Waals surface area contributed by atoms with E-state index in [4.69, 9.17) is 4.98 Å². The summed E-state index contributed by atoms with van der Waals surface area (Å²) in [5, 5.41) is 2.39. The van der Waals surface area contributed by atoms with Crippen molar-refractivity contribution in [2.45, 2.75) is 5.41 Å². The summed E-state index contributed by atoms with van der Waals surface area (Å²) in [5.41, 5.74) is 19.8. The molecule has 2 aliphatic rings. The number of benzene rings is 9. The molecule has 9 aromatic carbocycles. The molecule has 13 rings (SSSR count). The Morgan fingerprint density at radius 3 is 1.63 bits per heavy atom. The quantitative estimate of drug-likeness (QED) is 0.173. The van der Waals surface area contributed by atoms with Gasteiger partial charge < -0.3 is 4.90 Å². The average molecular weight is 802 g/mol. The lowest BCUT2D eigenvalue weighted by atomic mass is 9.64. The van der Waals surface area contributed by atoms with Gasteiger partial charge in [0.2, 0.25) is 0 Å². The molecule has 0 bridgehead atoms. The number of hydrogen-bond acceptors (Lipinski definition) is 2. The van der Waals surface area contributed by atoms with E-state index in [9.17, 15) is 0 Å². The molecular formula is C60H39N3. The first-order valence-corrected chi connectivity index (χ1v) is 21.7. The van der Waals surface area contributed by atoms with Crippen molar-refractivity contribution in [1.82, 2.24) is 9.55 Å². The average Bonchev–Trinajstić information content (AvgIpc) is 3.85. The summed E-state index contributed by atoms with van der Waals surface area (Å²) < 4.78 is 2.34. The van der Waals surface area contributed by atoms with Crippen LogP contribution in [0.4, 0.5) is 17.1 Å². The van der Waals surface area contributed by atoms with Gasteiger partial charge in [0.1, 0.15) is 5.82 Å². The van der Waals surface area contributed by atoms with Crippen molar-refractivity contribution in [3.05, 3.63) is 259 Å². The van der Waals surface area contributed by atoms with Gasteiger partial charge in [-0.1, -0.05) is 176 Å². The van der Waals surface area contributed by atoms with Gasteiger partial charge in [0.25, 0.3) is 0 Å². The molecule has 0 amide bonds. The van der Waals surface area contributed by atoms with E-state index >= 15 is 0 Å². The molecule has 0 fully saturated rings. The highest BCUT2D eigenvalue weighted by molar-refractivity contribution is 6.10. The van der Waals surface area contributed by atoms with Gasteiger partial charge in [0.05, 0.1) is 33.5 Å². The first kappa shape index (κ1) is 35.5. The number of nitrogens with zero attached hydrogens (tertiary/aromatic N) is 3. The molecule has 0 saturated heterocycles. The maximum atomic E-state index is 5.38. The largest absolute Gasteiger partial charge is 0.310 e. The molecule has 0 N–H and O–H groups in total. The summed E-state index contributed by atoms with van der Waals surface area (Å²) in [7, 11) is 0. The normalized spacial score (nSPS) is 13.2. The van der Waals surface area contributed by atoms with Crippen molar-refractivity contribution >= 4 is 38.9 Å². The second kappa shape index (κ2) is 13.9. The molecular weight excluding hydrogens is 763 g/mol. The number of para-hydroxylation sites is 4. The van der Waals surface area contributed by atoms with Crippen molar-refractivity contribution in [3.8, 4) is 50.5 Å². The Kier molecular flexibility index (Phi) is 7.82. The van der Waals surface area contributed by atoms with Gasteiger partial charge in [-0.25, -0.2) is 4.98 Å². The number of fused-ring (bicyclic) bond motifs is 12. The van der Waals surface area contributed by atoms with Crippen LogP contribution in [0.15, 0.2) is 237 Å². The molecule has 3 nitrogen and oxygen atoms in total. The Morgan fingerprint density at radius 2 is 0.889 bits per heavy atom. The van der Waals surface area contributed by atoms with Crippen molar-refractivity contribution in [3.63, 3.8) is 0 Å².